The van der Waals surface area contributed by atoms with E-state index in [1.165, 1.54) is 0 Å². The number of nitriles is 1. The first-order chi connectivity index (χ1) is 18.1. The summed E-state index contributed by atoms with van der Waals surface area (Å²) >= 11 is 0. The maximum absolute atomic E-state index is 14.0. The van der Waals surface area contributed by atoms with Gasteiger partial charge in [0.15, 0.2) is 0 Å². The van der Waals surface area contributed by atoms with Crippen LogP contribution in [-0.4, -0.2) is 38.2 Å². The summed E-state index contributed by atoms with van der Waals surface area (Å²) in [5.41, 5.74) is 10.3. The summed E-state index contributed by atoms with van der Waals surface area (Å²) in [5, 5.41) is 11.2. The number of aromatic nitrogens is 4. The molecular formula is C29H27N7O. The van der Waals surface area contributed by atoms with Gasteiger partial charge in [0.1, 0.15) is 28.5 Å². The molecule has 0 unspecified atom stereocenters. The van der Waals surface area contributed by atoms with Crippen LogP contribution >= 0.6 is 0 Å². The second-order valence-electron chi connectivity index (χ2n) is 9.60. The molecule has 2 aromatic carbocycles. The number of nitrogens with two attached hydrogens (primary N) is 1. The fraction of sp³-hybridized carbons (Fsp3) is 0.241. The van der Waals surface area contributed by atoms with Crippen molar-refractivity contribution in [3.05, 3.63) is 100 Å². The molecule has 1 aliphatic heterocycles. The van der Waals surface area contributed by atoms with Gasteiger partial charge in [-0.2, -0.15) is 5.26 Å². The maximum atomic E-state index is 14.0. The highest BCUT2D eigenvalue weighted by Crippen LogP contribution is 2.32. The van der Waals surface area contributed by atoms with E-state index in [0.717, 1.165) is 47.2 Å². The minimum absolute atomic E-state index is 0.0203. The zero-order chi connectivity index (χ0) is 25.4. The van der Waals surface area contributed by atoms with Crippen LogP contribution in [0.4, 0.5) is 5.82 Å². The molecule has 184 valence electrons. The van der Waals surface area contributed by atoms with Crippen molar-refractivity contribution in [1.29, 1.82) is 5.26 Å². The number of pyridine rings is 1. The van der Waals surface area contributed by atoms with Gasteiger partial charge in [-0.3, -0.25) is 14.3 Å². The fourth-order valence-electron chi connectivity index (χ4n) is 5.40. The molecule has 1 saturated heterocycles. The molecule has 1 fully saturated rings. The third kappa shape index (κ3) is 4.13. The molecule has 0 amide bonds. The summed E-state index contributed by atoms with van der Waals surface area (Å²) in [6, 6.07) is 22.2. The van der Waals surface area contributed by atoms with Crippen LogP contribution in [0, 0.1) is 11.3 Å². The van der Waals surface area contributed by atoms with Gasteiger partial charge in [-0.15, -0.1) is 0 Å². The molecule has 8 heteroatoms. The molecule has 2 N–H and O–H groups in total. The molecule has 5 aromatic rings. The van der Waals surface area contributed by atoms with Crippen molar-refractivity contribution in [2.75, 3.05) is 18.0 Å². The summed E-state index contributed by atoms with van der Waals surface area (Å²) in [6.45, 7) is 2.20. The van der Waals surface area contributed by atoms with E-state index in [-0.39, 0.29) is 11.6 Å². The Morgan fingerprint density at radius 2 is 1.84 bits per heavy atom. The smallest absolute Gasteiger partial charge is 0.278 e. The van der Waals surface area contributed by atoms with Crippen LogP contribution in [0.1, 0.15) is 29.5 Å². The minimum atomic E-state index is -0.182. The molecule has 6 rings (SSSR count). The topological polar surface area (TPSA) is 106 Å². The Hall–Kier alpha value is -4.48. The average Bonchev–Trinajstić information content (AvgIpc) is 3.24. The van der Waals surface area contributed by atoms with Crippen molar-refractivity contribution in [2.24, 2.45) is 5.73 Å². The van der Waals surface area contributed by atoms with Crippen LogP contribution < -0.4 is 16.2 Å². The number of anilines is 1. The van der Waals surface area contributed by atoms with E-state index in [1.54, 1.807) is 17.1 Å². The predicted molar refractivity (Wildman–Crippen MR) is 145 cm³/mol. The van der Waals surface area contributed by atoms with E-state index in [9.17, 15) is 10.1 Å². The highest BCUT2D eigenvalue weighted by molar-refractivity contribution is 5.89. The zero-order valence-electron chi connectivity index (χ0n) is 20.4. The van der Waals surface area contributed by atoms with Crippen LogP contribution in [0.5, 0.6) is 0 Å². The van der Waals surface area contributed by atoms with Gasteiger partial charge in [0.2, 0.25) is 0 Å². The summed E-state index contributed by atoms with van der Waals surface area (Å²) in [7, 11) is 0. The first-order valence-electron chi connectivity index (χ1n) is 12.5. The van der Waals surface area contributed by atoms with Crippen LogP contribution in [0.3, 0.4) is 0 Å². The van der Waals surface area contributed by atoms with Gasteiger partial charge in [0.05, 0.1) is 18.4 Å². The van der Waals surface area contributed by atoms with Gasteiger partial charge in [-0.1, -0.05) is 54.6 Å². The third-order valence-electron chi connectivity index (χ3n) is 7.11. The van der Waals surface area contributed by atoms with Crippen molar-refractivity contribution in [3.8, 4) is 6.07 Å². The number of fused-ring (bicyclic) bond motifs is 2. The molecule has 0 radical (unpaired) electrons. The summed E-state index contributed by atoms with van der Waals surface area (Å²) in [5.74, 6) is 0.727. The van der Waals surface area contributed by atoms with Gasteiger partial charge in [-0.05, 0) is 30.0 Å². The van der Waals surface area contributed by atoms with Crippen molar-refractivity contribution in [3.63, 3.8) is 0 Å². The Kier molecular flexibility index (Phi) is 5.91. The normalized spacial score (nSPS) is 15.8. The van der Waals surface area contributed by atoms with Gasteiger partial charge in [-0.25, -0.2) is 4.98 Å². The van der Waals surface area contributed by atoms with Gasteiger partial charge in [0, 0.05) is 37.3 Å². The van der Waals surface area contributed by atoms with Crippen LogP contribution in [0.25, 0.3) is 21.9 Å². The first kappa shape index (κ1) is 23.0. The SMILES string of the molecule is N#Cc1c(N2CCC[C@H](N)C2)n(Cc2ccccc2)c2c(=O)n(Cc3cccc4cccnc34)cnc12. The Balaban J connectivity index is 1.55. The molecule has 8 nitrogen and oxygen atoms in total. The molecule has 1 aliphatic rings. The number of rotatable bonds is 5. The number of hydrogen-bond donors (Lipinski definition) is 1. The standard InChI is InChI=1S/C29H27N7O/c30-15-24-26-27(29(37)35(19-33-26)17-22-10-4-9-21-11-5-13-32-25(21)22)36(16-20-7-2-1-3-8-20)28(24)34-14-6-12-23(31)18-34/h1-5,7-11,13,19,23H,6,12,14,16-18,31H2/t23-/m0/s1. The van der Waals surface area contributed by atoms with Gasteiger partial charge >= 0.3 is 0 Å². The van der Waals surface area contributed by atoms with Crippen molar-refractivity contribution in [2.45, 2.75) is 32.0 Å². The highest BCUT2D eigenvalue weighted by atomic mass is 16.1. The van der Waals surface area contributed by atoms with Crippen molar-refractivity contribution < 1.29 is 0 Å². The highest BCUT2D eigenvalue weighted by Gasteiger charge is 2.28. The van der Waals surface area contributed by atoms with E-state index >= 15 is 0 Å². The van der Waals surface area contributed by atoms with Crippen LogP contribution in [-0.2, 0) is 13.1 Å². The van der Waals surface area contributed by atoms with Crippen LogP contribution in [0.2, 0.25) is 0 Å². The van der Waals surface area contributed by atoms with Gasteiger partial charge < -0.3 is 15.2 Å². The van der Waals surface area contributed by atoms with E-state index < -0.39 is 0 Å². The second kappa shape index (κ2) is 9.52. The molecule has 0 bridgehead atoms. The Morgan fingerprint density at radius 3 is 2.65 bits per heavy atom. The largest absolute Gasteiger partial charge is 0.355 e. The van der Waals surface area contributed by atoms with Crippen molar-refractivity contribution in [1.82, 2.24) is 19.1 Å². The number of nitrogens with zero attached hydrogens (tertiary/aromatic N) is 6. The molecular weight excluding hydrogens is 462 g/mol. The predicted octanol–water partition coefficient (Wildman–Crippen LogP) is 3.64. The molecule has 1 atom stereocenters. The third-order valence-corrected chi connectivity index (χ3v) is 7.11. The zero-order valence-corrected chi connectivity index (χ0v) is 20.4. The second-order valence-corrected chi connectivity index (χ2v) is 9.60. The summed E-state index contributed by atoms with van der Waals surface area (Å²) in [6.07, 6.45) is 5.19. The number of hydrogen-bond acceptors (Lipinski definition) is 6. The van der Waals surface area contributed by atoms with E-state index in [2.05, 4.69) is 20.9 Å². The monoisotopic (exact) mass is 489 g/mol. The number of para-hydroxylation sites is 1. The van der Waals surface area contributed by atoms with Crippen molar-refractivity contribution >= 4 is 27.8 Å². The lowest BCUT2D eigenvalue weighted by atomic mass is 10.1. The summed E-state index contributed by atoms with van der Waals surface area (Å²) < 4.78 is 3.58. The van der Waals surface area contributed by atoms with E-state index in [4.69, 9.17) is 5.73 Å². The fourth-order valence-corrected chi connectivity index (χ4v) is 5.40. The number of piperidine rings is 1. The Labute approximate surface area is 214 Å². The molecule has 3 aromatic heterocycles. The summed E-state index contributed by atoms with van der Waals surface area (Å²) in [4.78, 5) is 25.4. The van der Waals surface area contributed by atoms with Gasteiger partial charge in [0.25, 0.3) is 5.56 Å². The lowest BCUT2D eigenvalue weighted by Crippen LogP contribution is -2.44. The quantitative estimate of drug-likeness (QED) is 0.404. The molecule has 0 spiro atoms. The molecule has 0 saturated carbocycles. The minimum Gasteiger partial charge on any atom is -0.355 e. The van der Waals surface area contributed by atoms with Crippen LogP contribution in [0.15, 0.2) is 78.0 Å². The lowest BCUT2D eigenvalue weighted by Gasteiger charge is -2.33. The van der Waals surface area contributed by atoms with E-state index in [1.807, 2.05) is 65.2 Å². The first-order valence-corrected chi connectivity index (χ1v) is 12.5. The lowest BCUT2D eigenvalue weighted by molar-refractivity contribution is 0.498. The average molecular weight is 490 g/mol. The molecule has 4 heterocycles. The van der Waals surface area contributed by atoms with E-state index in [0.29, 0.717) is 36.2 Å². The number of benzene rings is 2. The maximum Gasteiger partial charge on any atom is 0.278 e. The molecule has 0 aliphatic carbocycles. The molecule has 37 heavy (non-hydrogen) atoms. The Bertz CT molecular complexity index is 1690. The Morgan fingerprint density at radius 1 is 1.00 bits per heavy atom.